The van der Waals surface area contributed by atoms with Crippen LogP contribution in [0.3, 0.4) is 0 Å². The summed E-state index contributed by atoms with van der Waals surface area (Å²) in [5.41, 5.74) is 4.23. The van der Waals surface area contributed by atoms with Crippen LogP contribution >= 0.6 is 0 Å². The van der Waals surface area contributed by atoms with Crippen LogP contribution in [-0.4, -0.2) is 14.5 Å². The first-order valence-electron chi connectivity index (χ1n) is 7.65. The van der Waals surface area contributed by atoms with Gasteiger partial charge >= 0.3 is 0 Å². The van der Waals surface area contributed by atoms with Gasteiger partial charge in [-0.3, -0.25) is 4.98 Å². The van der Waals surface area contributed by atoms with Gasteiger partial charge in [-0.25, -0.2) is 4.98 Å². The predicted octanol–water partition coefficient (Wildman–Crippen LogP) is 4.19. The Labute approximate surface area is 139 Å². The Morgan fingerprint density at radius 2 is 1.83 bits per heavy atom. The van der Waals surface area contributed by atoms with E-state index in [1.165, 1.54) is 0 Å². The van der Waals surface area contributed by atoms with E-state index in [4.69, 9.17) is 0 Å². The fourth-order valence-corrected chi connectivity index (χ4v) is 2.87. The van der Waals surface area contributed by atoms with E-state index in [1.807, 2.05) is 72.3 Å². The van der Waals surface area contributed by atoms with Gasteiger partial charge in [-0.05, 0) is 35.9 Å². The number of benzene rings is 2. The Morgan fingerprint density at radius 3 is 2.62 bits per heavy atom. The molecule has 0 fully saturated rings. The van der Waals surface area contributed by atoms with Crippen molar-refractivity contribution in [2.75, 3.05) is 0 Å². The van der Waals surface area contributed by atoms with Crippen molar-refractivity contribution < 1.29 is 0 Å². The molecule has 0 N–H and O–H groups in total. The number of nitriles is 1. The van der Waals surface area contributed by atoms with Crippen LogP contribution in [-0.2, 0) is 7.05 Å². The molecule has 0 aliphatic heterocycles. The largest absolute Gasteiger partial charge is 0.327 e. The van der Waals surface area contributed by atoms with E-state index in [0.717, 1.165) is 27.5 Å². The number of hydrogen-bond donors (Lipinski definition) is 0. The summed E-state index contributed by atoms with van der Waals surface area (Å²) < 4.78 is 1.94. The second kappa shape index (κ2) is 5.64. The molecule has 0 unspecified atom stereocenters. The number of hydrogen-bond acceptors (Lipinski definition) is 3. The first-order valence-corrected chi connectivity index (χ1v) is 7.65. The highest BCUT2D eigenvalue weighted by atomic mass is 15.1. The Kier molecular flexibility index (Phi) is 3.33. The third kappa shape index (κ3) is 2.33. The molecule has 2 heterocycles. The standard InChI is InChI=1S/C20H14N4/c1-24-19-9-5-4-8-18(19)23-20(24)16(12-21)11-14-10-15-6-2-3-7-17(15)22-13-14/h2-11,13H,1H3/b16-11+. The molecule has 114 valence electrons. The highest BCUT2D eigenvalue weighted by Gasteiger charge is 2.11. The van der Waals surface area contributed by atoms with Crippen molar-refractivity contribution in [3.8, 4) is 6.07 Å². The third-order valence-corrected chi connectivity index (χ3v) is 4.07. The molecule has 4 aromatic rings. The quantitative estimate of drug-likeness (QED) is 0.522. The molecule has 0 aliphatic carbocycles. The van der Waals surface area contributed by atoms with Gasteiger partial charge in [0.15, 0.2) is 5.82 Å². The zero-order valence-corrected chi connectivity index (χ0v) is 13.1. The van der Waals surface area contributed by atoms with Gasteiger partial charge in [0.2, 0.25) is 0 Å². The minimum Gasteiger partial charge on any atom is -0.327 e. The maximum atomic E-state index is 9.61. The number of rotatable bonds is 2. The molecule has 0 aliphatic rings. The topological polar surface area (TPSA) is 54.5 Å². The van der Waals surface area contributed by atoms with Crippen molar-refractivity contribution in [3.05, 3.63) is 72.2 Å². The lowest BCUT2D eigenvalue weighted by Crippen LogP contribution is -1.96. The molecule has 2 aromatic carbocycles. The number of allylic oxidation sites excluding steroid dienone is 1. The number of para-hydroxylation sites is 3. The zero-order chi connectivity index (χ0) is 16.5. The number of aryl methyl sites for hydroxylation is 1. The van der Waals surface area contributed by atoms with Gasteiger partial charge in [0.1, 0.15) is 6.07 Å². The van der Waals surface area contributed by atoms with E-state index in [9.17, 15) is 5.26 Å². The van der Waals surface area contributed by atoms with E-state index in [-0.39, 0.29) is 0 Å². The van der Waals surface area contributed by atoms with E-state index in [1.54, 1.807) is 6.20 Å². The second-order valence-corrected chi connectivity index (χ2v) is 5.61. The van der Waals surface area contributed by atoms with Crippen molar-refractivity contribution in [2.45, 2.75) is 0 Å². The summed E-state index contributed by atoms with van der Waals surface area (Å²) in [4.78, 5) is 9.04. The van der Waals surface area contributed by atoms with E-state index in [2.05, 4.69) is 16.0 Å². The van der Waals surface area contributed by atoms with Crippen LogP contribution in [0.2, 0.25) is 0 Å². The fourth-order valence-electron chi connectivity index (χ4n) is 2.87. The lowest BCUT2D eigenvalue weighted by atomic mass is 10.1. The Hall–Kier alpha value is -3.45. The molecule has 0 bridgehead atoms. The minimum absolute atomic E-state index is 0.519. The van der Waals surface area contributed by atoms with Crippen molar-refractivity contribution in [1.82, 2.24) is 14.5 Å². The number of pyridine rings is 1. The summed E-state index contributed by atoms with van der Waals surface area (Å²) in [5.74, 6) is 0.659. The van der Waals surface area contributed by atoms with Crippen LogP contribution in [0.4, 0.5) is 0 Å². The monoisotopic (exact) mass is 310 g/mol. The van der Waals surface area contributed by atoms with E-state index < -0.39 is 0 Å². The smallest absolute Gasteiger partial charge is 0.151 e. The molecule has 0 radical (unpaired) electrons. The van der Waals surface area contributed by atoms with Crippen molar-refractivity contribution in [3.63, 3.8) is 0 Å². The number of nitrogens with zero attached hydrogens (tertiary/aromatic N) is 4. The summed E-state index contributed by atoms with van der Waals surface area (Å²) in [5, 5.41) is 10.7. The lowest BCUT2D eigenvalue weighted by Gasteiger charge is -2.02. The number of fused-ring (bicyclic) bond motifs is 2. The van der Waals surface area contributed by atoms with Crippen molar-refractivity contribution in [2.24, 2.45) is 7.05 Å². The second-order valence-electron chi connectivity index (χ2n) is 5.61. The van der Waals surface area contributed by atoms with Gasteiger partial charge in [0.25, 0.3) is 0 Å². The predicted molar refractivity (Wildman–Crippen MR) is 95.9 cm³/mol. The molecule has 0 spiro atoms. The Morgan fingerprint density at radius 1 is 1.08 bits per heavy atom. The summed E-state index contributed by atoms with van der Waals surface area (Å²) in [7, 11) is 1.93. The summed E-state index contributed by atoms with van der Waals surface area (Å²) >= 11 is 0. The SMILES string of the molecule is Cn1c(/C(C#N)=C/c2cnc3ccccc3c2)nc2ccccc21. The van der Waals surface area contributed by atoms with E-state index >= 15 is 0 Å². The highest BCUT2D eigenvalue weighted by molar-refractivity contribution is 5.92. The fraction of sp³-hybridized carbons (Fsp3) is 0.0500. The zero-order valence-electron chi connectivity index (χ0n) is 13.1. The maximum absolute atomic E-state index is 9.61. The average Bonchev–Trinajstić information content (AvgIpc) is 2.96. The Balaban J connectivity index is 1.85. The Bertz CT molecular complexity index is 1130. The van der Waals surface area contributed by atoms with Crippen LogP contribution in [0.15, 0.2) is 60.8 Å². The van der Waals surface area contributed by atoms with Gasteiger partial charge in [-0.15, -0.1) is 0 Å². The molecule has 0 atom stereocenters. The van der Waals surface area contributed by atoms with Gasteiger partial charge in [0.05, 0.1) is 22.1 Å². The first-order chi connectivity index (χ1) is 11.8. The average molecular weight is 310 g/mol. The van der Waals surface area contributed by atoms with E-state index in [0.29, 0.717) is 11.4 Å². The molecule has 4 nitrogen and oxygen atoms in total. The van der Waals surface area contributed by atoms with Crippen LogP contribution in [0.25, 0.3) is 33.6 Å². The van der Waals surface area contributed by atoms with Crippen LogP contribution in [0.1, 0.15) is 11.4 Å². The first kappa shape index (κ1) is 14.2. The number of imidazole rings is 1. The molecule has 2 aromatic heterocycles. The van der Waals surface area contributed by atoms with Crippen LogP contribution < -0.4 is 0 Å². The van der Waals surface area contributed by atoms with Gasteiger partial charge in [-0.1, -0.05) is 30.3 Å². The molecular weight excluding hydrogens is 296 g/mol. The van der Waals surface area contributed by atoms with Gasteiger partial charge in [-0.2, -0.15) is 5.26 Å². The summed E-state index contributed by atoms with van der Waals surface area (Å²) in [6, 6.07) is 20.1. The maximum Gasteiger partial charge on any atom is 0.151 e. The molecule has 4 rings (SSSR count). The van der Waals surface area contributed by atoms with Gasteiger partial charge < -0.3 is 4.57 Å². The summed E-state index contributed by atoms with van der Waals surface area (Å²) in [6.07, 6.45) is 3.61. The minimum atomic E-state index is 0.519. The van der Waals surface area contributed by atoms with Crippen molar-refractivity contribution in [1.29, 1.82) is 5.26 Å². The molecule has 4 heteroatoms. The van der Waals surface area contributed by atoms with Gasteiger partial charge in [0, 0.05) is 18.6 Å². The van der Waals surface area contributed by atoms with Crippen molar-refractivity contribution >= 4 is 33.6 Å². The normalized spacial score (nSPS) is 11.8. The molecule has 24 heavy (non-hydrogen) atoms. The third-order valence-electron chi connectivity index (χ3n) is 4.07. The highest BCUT2D eigenvalue weighted by Crippen LogP contribution is 2.22. The van der Waals surface area contributed by atoms with Crippen LogP contribution in [0.5, 0.6) is 0 Å². The molecule has 0 saturated heterocycles. The molecule has 0 saturated carbocycles. The lowest BCUT2D eigenvalue weighted by molar-refractivity contribution is 0.925. The van der Waals surface area contributed by atoms with Crippen LogP contribution in [0, 0.1) is 11.3 Å². The number of aromatic nitrogens is 3. The summed E-state index contributed by atoms with van der Waals surface area (Å²) in [6.45, 7) is 0. The molecule has 0 amide bonds. The molecular formula is C20H14N4.